The van der Waals surface area contributed by atoms with Crippen molar-refractivity contribution in [2.75, 3.05) is 17.7 Å². The lowest BCUT2D eigenvalue weighted by Crippen LogP contribution is -2.14. The fraction of sp³-hybridized carbons (Fsp3) is 0.143. The van der Waals surface area contributed by atoms with Gasteiger partial charge in [0, 0.05) is 24.9 Å². The van der Waals surface area contributed by atoms with Gasteiger partial charge in [-0.2, -0.15) is 0 Å². The van der Waals surface area contributed by atoms with Gasteiger partial charge in [-0.15, -0.1) is 0 Å². The summed E-state index contributed by atoms with van der Waals surface area (Å²) in [6.45, 7) is 1.45. The van der Waals surface area contributed by atoms with Crippen LogP contribution in [-0.4, -0.2) is 17.9 Å². The molecule has 1 heterocycles. The van der Waals surface area contributed by atoms with Crippen molar-refractivity contribution in [2.45, 2.75) is 6.92 Å². The van der Waals surface area contributed by atoms with Crippen molar-refractivity contribution < 1.29 is 13.6 Å². The predicted octanol–water partition coefficient (Wildman–Crippen LogP) is 2.96. The fourth-order valence-corrected chi connectivity index (χ4v) is 1.65. The Morgan fingerprint density at radius 2 is 1.95 bits per heavy atom. The Labute approximate surface area is 114 Å². The number of aromatic nitrogens is 1. The maximum absolute atomic E-state index is 13.6. The van der Waals surface area contributed by atoms with Gasteiger partial charge >= 0.3 is 0 Å². The molecule has 20 heavy (non-hydrogen) atoms. The molecule has 2 aromatic rings. The smallest absolute Gasteiger partial charge is 0.255 e. The third-order valence-corrected chi connectivity index (χ3v) is 2.77. The average molecular weight is 277 g/mol. The first-order valence-electron chi connectivity index (χ1n) is 5.92. The van der Waals surface area contributed by atoms with E-state index in [2.05, 4.69) is 15.6 Å². The van der Waals surface area contributed by atoms with Crippen LogP contribution in [0.15, 0.2) is 30.5 Å². The van der Waals surface area contributed by atoms with Crippen molar-refractivity contribution in [3.63, 3.8) is 0 Å². The number of hydrogen-bond donors (Lipinski definition) is 2. The number of amides is 1. The molecule has 0 aliphatic heterocycles. The first-order valence-corrected chi connectivity index (χ1v) is 5.92. The second-order valence-corrected chi connectivity index (χ2v) is 4.22. The molecule has 1 aromatic carbocycles. The lowest BCUT2D eigenvalue weighted by molar-refractivity contribution is 0.102. The Bertz CT molecular complexity index is 659. The number of aryl methyl sites for hydroxylation is 1. The second-order valence-electron chi connectivity index (χ2n) is 4.22. The summed E-state index contributed by atoms with van der Waals surface area (Å²) in [5.74, 6) is -1.29. The first kappa shape index (κ1) is 13.9. The normalized spacial score (nSPS) is 10.2. The molecule has 0 unspecified atom stereocenters. The molecule has 0 saturated carbocycles. The van der Waals surface area contributed by atoms with E-state index in [0.29, 0.717) is 11.4 Å². The van der Waals surface area contributed by atoms with E-state index in [1.807, 2.05) is 0 Å². The lowest BCUT2D eigenvalue weighted by atomic mass is 10.2. The van der Waals surface area contributed by atoms with Crippen molar-refractivity contribution in [1.29, 1.82) is 0 Å². The number of pyridine rings is 1. The molecule has 0 aliphatic carbocycles. The van der Waals surface area contributed by atoms with Crippen LogP contribution < -0.4 is 10.6 Å². The van der Waals surface area contributed by atoms with Crippen molar-refractivity contribution in [1.82, 2.24) is 4.98 Å². The van der Waals surface area contributed by atoms with E-state index >= 15 is 0 Å². The Balaban J connectivity index is 2.25. The molecular weight excluding hydrogens is 264 g/mol. The van der Waals surface area contributed by atoms with Crippen LogP contribution in [0.1, 0.15) is 15.9 Å². The molecular formula is C14H13F2N3O. The highest BCUT2D eigenvalue weighted by Gasteiger charge is 2.12. The number of anilines is 2. The summed E-state index contributed by atoms with van der Waals surface area (Å²) in [6, 6.07) is 5.00. The number of nitrogens with zero attached hydrogens (tertiary/aromatic N) is 1. The monoisotopic (exact) mass is 277 g/mol. The molecule has 0 aliphatic rings. The summed E-state index contributed by atoms with van der Waals surface area (Å²) in [5.41, 5.74) is 0.285. The minimum atomic E-state index is -0.680. The fourth-order valence-electron chi connectivity index (χ4n) is 1.65. The third kappa shape index (κ3) is 2.90. The van der Waals surface area contributed by atoms with E-state index in [4.69, 9.17) is 0 Å². The Hall–Kier alpha value is -2.50. The summed E-state index contributed by atoms with van der Waals surface area (Å²) >= 11 is 0. The number of carbonyl (C=O) groups is 1. The molecule has 0 bridgehead atoms. The van der Waals surface area contributed by atoms with Gasteiger partial charge in [0.25, 0.3) is 5.91 Å². The summed E-state index contributed by atoms with van der Waals surface area (Å²) in [6.07, 6.45) is 1.45. The van der Waals surface area contributed by atoms with Gasteiger partial charge < -0.3 is 10.6 Å². The minimum Gasteiger partial charge on any atom is -0.373 e. The maximum atomic E-state index is 13.6. The standard InChI is InChI=1S/C14H13F2N3O/c1-8-5-11(16)12(7-10(8)15)19-14(20)9-3-4-18-13(6-9)17-2/h3-7H,1-2H3,(H,17,18)(H,19,20). The van der Waals surface area contributed by atoms with Crippen LogP contribution in [0.3, 0.4) is 0 Å². The summed E-state index contributed by atoms with van der Waals surface area (Å²) in [5, 5.41) is 5.13. The van der Waals surface area contributed by atoms with E-state index in [9.17, 15) is 13.6 Å². The van der Waals surface area contributed by atoms with Gasteiger partial charge in [-0.3, -0.25) is 4.79 Å². The van der Waals surface area contributed by atoms with Crippen LogP contribution in [0, 0.1) is 18.6 Å². The molecule has 2 N–H and O–H groups in total. The topological polar surface area (TPSA) is 54.0 Å². The maximum Gasteiger partial charge on any atom is 0.255 e. The van der Waals surface area contributed by atoms with Crippen molar-refractivity contribution in [2.24, 2.45) is 0 Å². The number of halogens is 2. The van der Waals surface area contributed by atoms with Crippen LogP contribution in [0.25, 0.3) is 0 Å². The first-order chi connectivity index (χ1) is 9.51. The quantitative estimate of drug-likeness (QED) is 0.907. The van der Waals surface area contributed by atoms with E-state index < -0.39 is 17.5 Å². The van der Waals surface area contributed by atoms with Gasteiger partial charge in [0.15, 0.2) is 0 Å². The van der Waals surface area contributed by atoms with Gasteiger partial charge in [-0.25, -0.2) is 13.8 Å². The SMILES string of the molecule is CNc1cc(C(=O)Nc2cc(F)c(C)cc2F)ccn1. The molecule has 0 radical (unpaired) electrons. The molecule has 6 heteroatoms. The molecule has 4 nitrogen and oxygen atoms in total. The predicted molar refractivity (Wildman–Crippen MR) is 72.8 cm³/mol. The van der Waals surface area contributed by atoms with Crippen LogP contribution in [0.2, 0.25) is 0 Å². The van der Waals surface area contributed by atoms with Crippen LogP contribution >= 0.6 is 0 Å². The molecule has 0 atom stereocenters. The van der Waals surface area contributed by atoms with E-state index in [-0.39, 0.29) is 11.3 Å². The van der Waals surface area contributed by atoms with E-state index in [1.54, 1.807) is 7.05 Å². The lowest BCUT2D eigenvalue weighted by Gasteiger charge is -2.08. The highest BCUT2D eigenvalue weighted by Crippen LogP contribution is 2.19. The molecule has 104 valence electrons. The molecule has 2 rings (SSSR count). The van der Waals surface area contributed by atoms with Gasteiger partial charge in [0.1, 0.15) is 17.5 Å². The zero-order chi connectivity index (χ0) is 14.7. The van der Waals surface area contributed by atoms with E-state index in [1.165, 1.54) is 25.3 Å². The van der Waals surface area contributed by atoms with Gasteiger partial charge in [0.05, 0.1) is 5.69 Å². The highest BCUT2D eigenvalue weighted by molar-refractivity contribution is 6.04. The minimum absolute atomic E-state index is 0.182. The van der Waals surface area contributed by atoms with Crippen LogP contribution in [0.5, 0.6) is 0 Å². The van der Waals surface area contributed by atoms with Crippen molar-refractivity contribution in [3.8, 4) is 0 Å². The number of benzene rings is 1. The third-order valence-electron chi connectivity index (χ3n) is 2.77. The average Bonchev–Trinajstić information content (AvgIpc) is 2.44. The summed E-state index contributed by atoms with van der Waals surface area (Å²) < 4.78 is 27.0. The molecule has 0 fully saturated rings. The Morgan fingerprint density at radius 3 is 2.65 bits per heavy atom. The molecule has 0 saturated heterocycles. The Kier molecular flexibility index (Phi) is 3.93. The van der Waals surface area contributed by atoms with Crippen molar-refractivity contribution in [3.05, 3.63) is 53.2 Å². The van der Waals surface area contributed by atoms with Crippen molar-refractivity contribution >= 4 is 17.4 Å². The molecule has 1 amide bonds. The zero-order valence-electron chi connectivity index (χ0n) is 11.0. The Morgan fingerprint density at radius 1 is 1.20 bits per heavy atom. The van der Waals surface area contributed by atoms with Gasteiger partial charge in [-0.1, -0.05) is 0 Å². The van der Waals surface area contributed by atoms with Crippen LogP contribution in [0.4, 0.5) is 20.3 Å². The van der Waals surface area contributed by atoms with E-state index in [0.717, 1.165) is 12.1 Å². The highest BCUT2D eigenvalue weighted by atomic mass is 19.1. The van der Waals surface area contributed by atoms with Gasteiger partial charge in [0.2, 0.25) is 0 Å². The second kappa shape index (κ2) is 5.64. The van der Waals surface area contributed by atoms with Crippen LogP contribution in [-0.2, 0) is 0 Å². The largest absolute Gasteiger partial charge is 0.373 e. The molecule has 0 spiro atoms. The zero-order valence-corrected chi connectivity index (χ0v) is 11.0. The molecule has 1 aromatic heterocycles. The number of rotatable bonds is 3. The van der Waals surface area contributed by atoms with Gasteiger partial charge in [-0.05, 0) is 30.7 Å². The summed E-state index contributed by atoms with van der Waals surface area (Å²) in [4.78, 5) is 15.9. The number of nitrogens with one attached hydrogen (secondary N) is 2. The number of hydrogen-bond acceptors (Lipinski definition) is 3. The number of carbonyl (C=O) groups excluding carboxylic acids is 1. The summed E-state index contributed by atoms with van der Waals surface area (Å²) in [7, 11) is 1.67.